The van der Waals surface area contributed by atoms with E-state index in [4.69, 9.17) is 0 Å². The normalized spacial score (nSPS) is 13.5. The maximum absolute atomic E-state index is 12.4. The molecule has 3 atom stereocenters. The summed E-state index contributed by atoms with van der Waals surface area (Å²) in [6.07, 6.45) is 45.1. The Labute approximate surface area is 307 Å². The summed E-state index contributed by atoms with van der Waals surface area (Å²) < 4.78 is 0. The van der Waals surface area contributed by atoms with Crippen LogP contribution in [0, 0.1) is 0 Å². The zero-order chi connectivity index (χ0) is 35.9. The molecule has 0 fully saturated rings. The van der Waals surface area contributed by atoms with E-state index in [1.54, 1.807) is 0 Å². The Morgan fingerprint density at radius 3 is 0.980 bits per heavy atom. The van der Waals surface area contributed by atoms with E-state index in [9.17, 15) is 20.1 Å². The van der Waals surface area contributed by atoms with Crippen molar-refractivity contribution in [1.29, 1.82) is 0 Å². The Kier molecular flexibility index (Phi) is 39.6. The molecule has 0 aliphatic rings. The van der Waals surface area contributed by atoms with E-state index < -0.39 is 18.2 Å². The van der Waals surface area contributed by atoms with Gasteiger partial charge in [0, 0.05) is 6.42 Å². The molecule has 0 heterocycles. The third-order valence-corrected chi connectivity index (χ3v) is 10.7. The number of hydrogen-bond donors (Lipinski definition) is 4. The van der Waals surface area contributed by atoms with E-state index in [2.05, 4.69) is 19.2 Å². The van der Waals surface area contributed by atoms with Crippen molar-refractivity contribution in [1.82, 2.24) is 5.32 Å². The summed E-state index contributed by atoms with van der Waals surface area (Å²) in [5, 5.41) is 33.4. The summed E-state index contributed by atoms with van der Waals surface area (Å²) in [5.41, 5.74) is 0. The van der Waals surface area contributed by atoms with Crippen LogP contribution >= 0.6 is 0 Å². The molecule has 0 saturated heterocycles. The third-order valence-electron chi connectivity index (χ3n) is 10.7. The Bertz CT molecular complexity index is 644. The van der Waals surface area contributed by atoms with E-state index >= 15 is 0 Å². The van der Waals surface area contributed by atoms with Crippen LogP contribution < -0.4 is 5.32 Å². The largest absolute Gasteiger partial charge is 0.394 e. The molecule has 0 aromatic heterocycles. The van der Waals surface area contributed by atoms with Gasteiger partial charge in [-0.2, -0.15) is 0 Å². The first-order valence-electron chi connectivity index (χ1n) is 22.3. The smallest absolute Gasteiger partial charge is 0.220 e. The van der Waals surface area contributed by atoms with Crippen LogP contribution in [0.3, 0.4) is 0 Å². The molecule has 0 aromatic rings. The highest BCUT2D eigenvalue weighted by molar-refractivity contribution is 5.76. The van der Waals surface area contributed by atoms with Gasteiger partial charge in [0.25, 0.3) is 0 Å². The number of hydrogen-bond acceptors (Lipinski definition) is 4. The van der Waals surface area contributed by atoms with Crippen molar-refractivity contribution in [3.05, 3.63) is 0 Å². The number of carbonyl (C=O) groups is 1. The van der Waals surface area contributed by atoms with E-state index in [1.165, 1.54) is 186 Å². The molecule has 3 unspecified atom stereocenters. The Hall–Kier alpha value is -0.650. The molecule has 5 heteroatoms. The minimum Gasteiger partial charge on any atom is -0.394 e. The van der Waals surface area contributed by atoms with Gasteiger partial charge in [0.2, 0.25) is 5.91 Å². The van der Waals surface area contributed by atoms with Crippen LogP contribution in [-0.2, 0) is 4.79 Å². The van der Waals surface area contributed by atoms with E-state index in [0.717, 1.165) is 38.5 Å². The van der Waals surface area contributed by atoms with Crippen molar-refractivity contribution in [3.8, 4) is 0 Å². The maximum Gasteiger partial charge on any atom is 0.220 e. The minimum atomic E-state index is -1.13. The fourth-order valence-corrected chi connectivity index (χ4v) is 7.22. The first-order chi connectivity index (χ1) is 24.1. The zero-order valence-electron chi connectivity index (χ0n) is 33.4. The van der Waals surface area contributed by atoms with Gasteiger partial charge in [-0.15, -0.1) is 0 Å². The van der Waals surface area contributed by atoms with Crippen molar-refractivity contribution < 1.29 is 20.1 Å². The minimum absolute atomic E-state index is 0.140. The lowest BCUT2D eigenvalue weighted by Crippen LogP contribution is -2.50. The van der Waals surface area contributed by atoms with E-state index in [1.807, 2.05) is 0 Å². The quantitative estimate of drug-likeness (QED) is 0.0479. The van der Waals surface area contributed by atoms with Gasteiger partial charge < -0.3 is 20.6 Å². The third kappa shape index (κ3) is 35.5. The van der Waals surface area contributed by atoms with Crippen LogP contribution in [0.4, 0.5) is 0 Å². The number of aliphatic hydroxyl groups is 3. The molecule has 4 N–H and O–H groups in total. The summed E-state index contributed by atoms with van der Waals surface area (Å²) >= 11 is 0. The molecule has 0 saturated carbocycles. The average molecular weight is 696 g/mol. The first kappa shape index (κ1) is 48.3. The second-order valence-corrected chi connectivity index (χ2v) is 15.6. The van der Waals surface area contributed by atoms with Crippen molar-refractivity contribution in [2.24, 2.45) is 0 Å². The van der Waals surface area contributed by atoms with Gasteiger partial charge in [-0.25, -0.2) is 0 Å². The molecule has 0 aromatic carbocycles. The summed E-state index contributed by atoms with van der Waals surface area (Å²) in [6.45, 7) is 4.18. The lowest BCUT2D eigenvalue weighted by Gasteiger charge is -2.26. The predicted molar refractivity (Wildman–Crippen MR) is 213 cm³/mol. The Balaban J connectivity index is 3.49. The SMILES string of the molecule is CCCCCCCCCCCCCCCCCCCCCCCCCCCC(=O)NC(CO)C(O)C(O)CCCCCCCCCCCC. The van der Waals surface area contributed by atoms with Crippen molar-refractivity contribution in [2.45, 2.75) is 270 Å². The van der Waals surface area contributed by atoms with E-state index in [0.29, 0.717) is 12.8 Å². The molecule has 0 aliphatic heterocycles. The van der Waals surface area contributed by atoms with Crippen LogP contribution in [0.2, 0.25) is 0 Å². The highest BCUT2D eigenvalue weighted by Gasteiger charge is 2.26. The standard InChI is InChI=1S/C44H89NO4/c1-3-5-7-9-11-13-15-16-17-18-19-20-21-22-23-24-25-26-27-28-29-31-33-35-37-39-43(48)45-41(40-46)44(49)42(47)38-36-34-32-30-14-12-10-8-6-4-2/h41-42,44,46-47,49H,3-40H2,1-2H3,(H,45,48). The zero-order valence-corrected chi connectivity index (χ0v) is 33.4. The summed E-state index contributed by atoms with van der Waals surface area (Å²) in [6, 6.07) is -0.801. The molecule has 0 rings (SSSR count). The molecule has 1 amide bonds. The van der Waals surface area contributed by atoms with Gasteiger partial charge in [-0.1, -0.05) is 232 Å². The molecule has 0 spiro atoms. The Morgan fingerprint density at radius 2 is 0.694 bits per heavy atom. The second-order valence-electron chi connectivity index (χ2n) is 15.6. The summed E-state index contributed by atoms with van der Waals surface area (Å²) in [4.78, 5) is 12.4. The van der Waals surface area contributed by atoms with Gasteiger partial charge >= 0.3 is 0 Å². The van der Waals surface area contributed by atoms with Crippen LogP contribution in [-0.4, -0.2) is 46.1 Å². The number of nitrogens with one attached hydrogen (secondary N) is 1. The van der Waals surface area contributed by atoms with Gasteiger partial charge in [0.05, 0.1) is 18.8 Å². The monoisotopic (exact) mass is 696 g/mol. The van der Waals surface area contributed by atoms with E-state index in [-0.39, 0.29) is 12.5 Å². The fraction of sp³-hybridized carbons (Fsp3) is 0.977. The van der Waals surface area contributed by atoms with Gasteiger partial charge in [-0.05, 0) is 12.8 Å². The van der Waals surface area contributed by atoms with Crippen LogP contribution in [0.25, 0.3) is 0 Å². The van der Waals surface area contributed by atoms with Gasteiger partial charge in [-0.3, -0.25) is 4.79 Å². The van der Waals surface area contributed by atoms with Crippen LogP contribution in [0.5, 0.6) is 0 Å². The van der Waals surface area contributed by atoms with Gasteiger partial charge in [0.15, 0.2) is 0 Å². The first-order valence-corrected chi connectivity index (χ1v) is 22.3. The van der Waals surface area contributed by atoms with Crippen LogP contribution in [0.1, 0.15) is 251 Å². The second kappa shape index (κ2) is 40.1. The molecule has 0 radical (unpaired) electrons. The fourth-order valence-electron chi connectivity index (χ4n) is 7.22. The highest BCUT2D eigenvalue weighted by atomic mass is 16.3. The molecule has 5 nitrogen and oxygen atoms in total. The Morgan fingerprint density at radius 1 is 0.429 bits per heavy atom. The van der Waals surface area contributed by atoms with Crippen LogP contribution in [0.15, 0.2) is 0 Å². The summed E-state index contributed by atoms with van der Waals surface area (Å²) in [7, 11) is 0. The molecular formula is C44H89NO4. The molecule has 49 heavy (non-hydrogen) atoms. The highest BCUT2D eigenvalue weighted by Crippen LogP contribution is 2.17. The lowest BCUT2D eigenvalue weighted by atomic mass is 9.99. The predicted octanol–water partition coefficient (Wildman–Crippen LogP) is 12.7. The molecule has 0 bridgehead atoms. The number of rotatable bonds is 41. The molecular weight excluding hydrogens is 606 g/mol. The number of amides is 1. The topological polar surface area (TPSA) is 89.8 Å². The number of carbonyl (C=O) groups excluding carboxylic acids is 1. The molecule has 0 aliphatic carbocycles. The lowest BCUT2D eigenvalue weighted by molar-refractivity contribution is -0.124. The van der Waals surface area contributed by atoms with Crippen molar-refractivity contribution in [3.63, 3.8) is 0 Å². The number of unbranched alkanes of at least 4 members (excludes halogenated alkanes) is 33. The maximum atomic E-state index is 12.4. The van der Waals surface area contributed by atoms with Gasteiger partial charge in [0.1, 0.15) is 6.10 Å². The molecule has 294 valence electrons. The average Bonchev–Trinajstić information content (AvgIpc) is 3.10. The summed E-state index contributed by atoms with van der Waals surface area (Å²) in [5.74, 6) is -0.140. The van der Waals surface area contributed by atoms with Crippen molar-refractivity contribution in [2.75, 3.05) is 6.61 Å². The van der Waals surface area contributed by atoms with Crippen molar-refractivity contribution >= 4 is 5.91 Å². The number of aliphatic hydroxyl groups excluding tert-OH is 3.